The molecule has 0 aliphatic heterocycles. The number of amides is 1. The molecule has 1 amide bonds. The molecule has 0 saturated carbocycles. The fourth-order valence-corrected chi connectivity index (χ4v) is 3.08. The van der Waals surface area contributed by atoms with Gasteiger partial charge in [-0.1, -0.05) is 0 Å². The van der Waals surface area contributed by atoms with Crippen LogP contribution in [0.15, 0.2) is 11.4 Å². The zero-order valence-corrected chi connectivity index (χ0v) is 10.1. The second-order valence-corrected chi connectivity index (χ2v) is 5.16. The van der Waals surface area contributed by atoms with Crippen molar-refractivity contribution < 1.29 is 9.59 Å². The number of ketones is 1. The maximum absolute atomic E-state index is 11.9. The fourth-order valence-electron chi connectivity index (χ4n) is 2.09. The summed E-state index contributed by atoms with van der Waals surface area (Å²) < 4.78 is 0. The van der Waals surface area contributed by atoms with Gasteiger partial charge in [0.2, 0.25) is 5.91 Å². The molecule has 1 unspecified atom stereocenters. The van der Waals surface area contributed by atoms with Gasteiger partial charge in [-0.2, -0.15) is 0 Å². The summed E-state index contributed by atoms with van der Waals surface area (Å²) in [6.45, 7) is 1.63. The third-order valence-corrected chi connectivity index (χ3v) is 3.88. The van der Waals surface area contributed by atoms with Gasteiger partial charge in [0.1, 0.15) is 5.78 Å². The number of Topliss-reactive ketones (excluding diaryl/α,β-unsaturated/α-hetero) is 1. The Kier molecular flexibility index (Phi) is 3.39. The molecular formula is C12H15NO2S. The van der Waals surface area contributed by atoms with Gasteiger partial charge in [-0.25, -0.2) is 0 Å². The van der Waals surface area contributed by atoms with Crippen molar-refractivity contribution in [3.63, 3.8) is 0 Å². The van der Waals surface area contributed by atoms with E-state index in [1.165, 1.54) is 11.8 Å². The van der Waals surface area contributed by atoms with Crippen LogP contribution < -0.4 is 5.32 Å². The van der Waals surface area contributed by atoms with E-state index in [4.69, 9.17) is 0 Å². The number of thiophene rings is 1. The molecule has 1 atom stereocenters. The molecule has 0 spiro atoms. The molecule has 2 rings (SSSR count). The predicted octanol–water partition coefficient (Wildman–Crippen LogP) is 1.87. The normalized spacial score (nSPS) is 18.9. The van der Waals surface area contributed by atoms with E-state index in [0.29, 0.717) is 0 Å². The van der Waals surface area contributed by atoms with Crippen molar-refractivity contribution in [1.29, 1.82) is 0 Å². The Morgan fingerprint density at radius 2 is 2.38 bits per heavy atom. The first kappa shape index (κ1) is 11.3. The Morgan fingerprint density at radius 1 is 1.56 bits per heavy atom. The molecule has 1 aliphatic carbocycles. The molecule has 1 heterocycles. The molecule has 0 bridgehead atoms. The summed E-state index contributed by atoms with van der Waals surface area (Å²) >= 11 is 1.72. The highest BCUT2D eigenvalue weighted by atomic mass is 32.1. The van der Waals surface area contributed by atoms with Crippen LogP contribution in [0.3, 0.4) is 0 Å². The van der Waals surface area contributed by atoms with Crippen LogP contribution >= 0.6 is 11.3 Å². The molecule has 1 N–H and O–H groups in total. The zero-order valence-electron chi connectivity index (χ0n) is 9.29. The molecule has 1 aliphatic rings. The summed E-state index contributed by atoms with van der Waals surface area (Å²) in [5, 5.41) is 4.74. The minimum Gasteiger partial charge on any atom is -0.349 e. The molecule has 0 saturated heterocycles. The van der Waals surface area contributed by atoms with Gasteiger partial charge in [-0.3, -0.25) is 9.59 Å². The maximum atomic E-state index is 11.9. The van der Waals surface area contributed by atoms with Crippen molar-refractivity contribution in [2.75, 3.05) is 6.54 Å². The van der Waals surface area contributed by atoms with Crippen LogP contribution in [-0.2, 0) is 16.0 Å². The minimum atomic E-state index is -0.0469. The number of nitrogens with one attached hydrogen (secondary N) is 1. The molecule has 4 heteroatoms. The number of rotatable bonds is 3. The fraction of sp³-hybridized carbons (Fsp3) is 0.500. The molecular weight excluding hydrogens is 222 g/mol. The maximum Gasteiger partial charge on any atom is 0.227 e. The highest BCUT2D eigenvalue weighted by Crippen LogP contribution is 2.34. The van der Waals surface area contributed by atoms with Gasteiger partial charge in [-0.15, -0.1) is 11.3 Å². The average molecular weight is 237 g/mol. The number of hydrogen-bond donors (Lipinski definition) is 1. The zero-order chi connectivity index (χ0) is 11.5. The SMILES string of the molecule is CC(=O)CNC(=O)C1CCCc2sccc21. The number of carbonyl (C=O) groups is 2. The van der Waals surface area contributed by atoms with E-state index in [1.807, 2.05) is 11.4 Å². The topological polar surface area (TPSA) is 46.2 Å². The van der Waals surface area contributed by atoms with Crippen LogP contribution in [0.4, 0.5) is 0 Å². The van der Waals surface area contributed by atoms with Gasteiger partial charge in [0.15, 0.2) is 0 Å². The Balaban J connectivity index is 2.06. The summed E-state index contributed by atoms with van der Waals surface area (Å²) in [5.74, 6) is -0.0569. The lowest BCUT2D eigenvalue weighted by molar-refractivity contribution is -0.125. The third kappa shape index (κ3) is 2.32. The van der Waals surface area contributed by atoms with Crippen LogP contribution in [0.5, 0.6) is 0 Å². The van der Waals surface area contributed by atoms with E-state index in [1.54, 1.807) is 11.3 Å². The minimum absolute atomic E-state index is 0.00491. The number of carbonyl (C=O) groups excluding carboxylic acids is 2. The molecule has 1 aromatic heterocycles. The van der Waals surface area contributed by atoms with Crippen molar-refractivity contribution in [3.05, 3.63) is 21.9 Å². The van der Waals surface area contributed by atoms with Gasteiger partial charge in [-0.05, 0) is 43.2 Å². The van der Waals surface area contributed by atoms with E-state index in [2.05, 4.69) is 5.32 Å². The molecule has 0 fully saturated rings. The van der Waals surface area contributed by atoms with E-state index in [0.717, 1.165) is 24.8 Å². The second-order valence-electron chi connectivity index (χ2n) is 4.16. The van der Waals surface area contributed by atoms with Crippen molar-refractivity contribution >= 4 is 23.0 Å². The van der Waals surface area contributed by atoms with Crippen molar-refractivity contribution in [3.8, 4) is 0 Å². The monoisotopic (exact) mass is 237 g/mol. The Hall–Kier alpha value is -1.16. The average Bonchev–Trinajstić information content (AvgIpc) is 2.73. The van der Waals surface area contributed by atoms with Crippen LogP contribution in [0.1, 0.15) is 36.1 Å². The van der Waals surface area contributed by atoms with Crippen molar-refractivity contribution in [2.24, 2.45) is 0 Å². The lowest BCUT2D eigenvalue weighted by Crippen LogP contribution is -2.33. The van der Waals surface area contributed by atoms with E-state index < -0.39 is 0 Å². The highest BCUT2D eigenvalue weighted by Gasteiger charge is 2.26. The first-order valence-corrected chi connectivity index (χ1v) is 6.40. The van der Waals surface area contributed by atoms with Gasteiger partial charge >= 0.3 is 0 Å². The van der Waals surface area contributed by atoms with Crippen molar-refractivity contribution in [1.82, 2.24) is 5.32 Å². The summed E-state index contributed by atoms with van der Waals surface area (Å²) in [6.07, 6.45) is 3.04. The lowest BCUT2D eigenvalue weighted by atomic mass is 9.87. The van der Waals surface area contributed by atoms with Crippen LogP contribution in [0, 0.1) is 0 Å². The Bertz CT molecular complexity index is 411. The standard InChI is InChI=1S/C12H15NO2S/c1-8(14)7-13-12(15)10-3-2-4-11-9(10)5-6-16-11/h5-6,10H,2-4,7H2,1H3,(H,13,15). The van der Waals surface area contributed by atoms with Gasteiger partial charge < -0.3 is 5.32 Å². The molecule has 0 aromatic carbocycles. The summed E-state index contributed by atoms with van der Waals surface area (Å²) in [7, 11) is 0. The van der Waals surface area contributed by atoms with Crippen LogP contribution in [-0.4, -0.2) is 18.2 Å². The first-order chi connectivity index (χ1) is 7.68. The first-order valence-electron chi connectivity index (χ1n) is 5.52. The van der Waals surface area contributed by atoms with Gasteiger partial charge in [0, 0.05) is 4.88 Å². The van der Waals surface area contributed by atoms with Crippen LogP contribution in [0.25, 0.3) is 0 Å². The second kappa shape index (κ2) is 4.78. The number of aryl methyl sites for hydroxylation is 1. The van der Waals surface area contributed by atoms with E-state index >= 15 is 0 Å². The molecule has 3 nitrogen and oxygen atoms in total. The van der Waals surface area contributed by atoms with Crippen LogP contribution in [0.2, 0.25) is 0 Å². The number of hydrogen-bond acceptors (Lipinski definition) is 3. The van der Waals surface area contributed by atoms with E-state index in [-0.39, 0.29) is 24.2 Å². The number of fused-ring (bicyclic) bond motifs is 1. The Morgan fingerprint density at radius 3 is 3.12 bits per heavy atom. The molecule has 1 aromatic rings. The summed E-state index contributed by atoms with van der Waals surface area (Å²) in [6, 6.07) is 2.04. The van der Waals surface area contributed by atoms with Gasteiger partial charge in [0.05, 0.1) is 12.5 Å². The largest absolute Gasteiger partial charge is 0.349 e. The lowest BCUT2D eigenvalue weighted by Gasteiger charge is -2.21. The smallest absolute Gasteiger partial charge is 0.227 e. The molecule has 86 valence electrons. The van der Waals surface area contributed by atoms with E-state index in [9.17, 15) is 9.59 Å². The third-order valence-electron chi connectivity index (χ3n) is 2.88. The Labute approximate surface area is 98.9 Å². The molecule has 0 radical (unpaired) electrons. The van der Waals surface area contributed by atoms with Crippen molar-refractivity contribution in [2.45, 2.75) is 32.1 Å². The predicted molar refractivity (Wildman–Crippen MR) is 63.7 cm³/mol. The van der Waals surface area contributed by atoms with Gasteiger partial charge in [0.25, 0.3) is 0 Å². The quantitative estimate of drug-likeness (QED) is 0.872. The summed E-state index contributed by atoms with van der Waals surface area (Å²) in [5.41, 5.74) is 1.16. The summed E-state index contributed by atoms with van der Waals surface area (Å²) in [4.78, 5) is 24.0. The molecule has 16 heavy (non-hydrogen) atoms. The highest BCUT2D eigenvalue weighted by molar-refractivity contribution is 7.10.